The van der Waals surface area contributed by atoms with E-state index in [1.807, 2.05) is 0 Å². The number of nitrogens with one attached hydrogen (secondary N) is 2. The molecule has 3 rings (SSSR count). The van der Waals surface area contributed by atoms with E-state index in [1.54, 1.807) is 19.1 Å². The molecule has 8 nitrogen and oxygen atoms in total. The van der Waals surface area contributed by atoms with Crippen molar-refractivity contribution in [3.8, 4) is 5.88 Å². The van der Waals surface area contributed by atoms with Gasteiger partial charge in [-0.05, 0) is 43.5 Å². The average molecular weight is 459 g/mol. The number of hydrogen-bond acceptors (Lipinski definition) is 6. The first-order valence-electron chi connectivity index (χ1n) is 9.45. The first kappa shape index (κ1) is 23.3. The number of alkyl halides is 5. The highest BCUT2D eigenvalue weighted by Gasteiger charge is 2.58. The largest absolute Gasteiger partial charge is 0.470 e. The van der Waals surface area contributed by atoms with Gasteiger partial charge in [0.15, 0.2) is 12.3 Å². The maximum Gasteiger partial charge on any atom is 0.456 e. The second-order valence-corrected chi connectivity index (χ2v) is 7.18. The van der Waals surface area contributed by atoms with E-state index in [0.29, 0.717) is 11.4 Å². The molecule has 2 amide bonds. The van der Waals surface area contributed by atoms with E-state index in [2.05, 4.69) is 30.6 Å². The van der Waals surface area contributed by atoms with Gasteiger partial charge in [-0.1, -0.05) is 0 Å². The van der Waals surface area contributed by atoms with E-state index >= 15 is 0 Å². The first-order valence-corrected chi connectivity index (χ1v) is 9.45. The van der Waals surface area contributed by atoms with Gasteiger partial charge < -0.3 is 15.4 Å². The molecule has 1 atom stereocenters. The number of carbonyl (C=O) groups is 2. The molecule has 1 aliphatic carbocycles. The molecule has 0 aromatic carbocycles. The topological polar surface area (TPSA) is 106 Å². The predicted octanol–water partition coefficient (Wildman–Crippen LogP) is 3.29. The predicted molar refractivity (Wildman–Crippen MR) is 100 cm³/mol. The maximum absolute atomic E-state index is 12.9. The van der Waals surface area contributed by atoms with Crippen LogP contribution in [-0.4, -0.2) is 45.7 Å². The lowest BCUT2D eigenvalue weighted by Crippen LogP contribution is -2.41. The van der Waals surface area contributed by atoms with Gasteiger partial charge in [-0.15, -0.1) is 10.2 Å². The fourth-order valence-electron chi connectivity index (χ4n) is 2.48. The van der Waals surface area contributed by atoms with E-state index < -0.39 is 36.5 Å². The van der Waals surface area contributed by atoms with Gasteiger partial charge >= 0.3 is 12.1 Å². The third-order valence-corrected chi connectivity index (χ3v) is 4.52. The summed E-state index contributed by atoms with van der Waals surface area (Å²) in [7, 11) is 0. The second-order valence-electron chi connectivity index (χ2n) is 7.18. The third kappa shape index (κ3) is 5.86. The Balaban J connectivity index is 1.56. The molecule has 172 valence electrons. The molecule has 2 heterocycles. The lowest BCUT2D eigenvalue weighted by molar-refractivity contribution is -0.290. The molecule has 0 radical (unpaired) electrons. The van der Waals surface area contributed by atoms with Crippen LogP contribution in [0.1, 0.15) is 41.9 Å². The number of amides is 2. The summed E-state index contributed by atoms with van der Waals surface area (Å²) in [6.07, 6.45) is -2.60. The number of hydrogen-bond donors (Lipinski definition) is 2. The summed E-state index contributed by atoms with van der Waals surface area (Å²) >= 11 is 0. The Morgan fingerprint density at radius 3 is 2.47 bits per heavy atom. The van der Waals surface area contributed by atoms with Crippen molar-refractivity contribution >= 4 is 17.6 Å². The normalized spacial score (nSPS) is 15.1. The quantitative estimate of drug-likeness (QED) is 0.587. The Labute approximate surface area is 178 Å². The summed E-state index contributed by atoms with van der Waals surface area (Å²) in [5, 5.41) is 12.2. The monoisotopic (exact) mass is 459 g/mol. The van der Waals surface area contributed by atoms with E-state index in [1.165, 1.54) is 6.20 Å². The zero-order valence-corrected chi connectivity index (χ0v) is 16.6. The molecule has 0 spiro atoms. The Kier molecular flexibility index (Phi) is 6.55. The van der Waals surface area contributed by atoms with Crippen LogP contribution in [0, 0.1) is 5.92 Å². The lowest BCUT2D eigenvalue weighted by atomic mass is 10.1. The van der Waals surface area contributed by atoms with Crippen LogP contribution in [0.2, 0.25) is 0 Å². The minimum Gasteiger partial charge on any atom is -0.470 e. The third-order valence-electron chi connectivity index (χ3n) is 4.52. The van der Waals surface area contributed by atoms with Crippen molar-refractivity contribution in [1.29, 1.82) is 0 Å². The van der Waals surface area contributed by atoms with Crippen molar-refractivity contribution in [2.75, 3.05) is 11.9 Å². The molecule has 32 heavy (non-hydrogen) atoms. The number of nitrogens with zero attached hydrogens (tertiary/aromatic N) is 3. The number of aromatic nitrogens is 3. The van der Waals surface area contributed by atoms with Crippen LogP contribution >= 0.6 is 0 Å². The first-order chi connectivity index (χ1) is 15.0. The summed E-state index contributed by atoms with van der Waals surface area (Å²) < 4.78 is 66.5. The molecule has 13 heteroatoms. The Hall–Kier alpha value is -3.38. The number of anilines is 1. The van der Waals surface area contributed by atoms with Crippen molar-refractivity contribution in [2.45, 2.75) is 37.9 Å². The average Bonchev–Trinajstić information content (AvgIpc) is 3.57. The summed E-state index contributed by atoms with van der Waals surface area (Å²) in [6, 6.07) is 4.75. The fourth-order valence-corrected chi connectivity index (χ4v) is 2.48. The minimum atomic E-state index is -5.76. The Morgan fingerprint density at radius 1 is 1.16 bits per heavy atom. The highest BCUT2D eigenvalue weighted by molar-refractivity contribution is 5.93. The summed E-state index contributed by atoms with van der Waals surface area (Å²) in [5.41, 5.74) is 0.435. The molecule has 1 saturated carbocycles. The fraction of sp³-hybridized carbons (Fsp3) is 0.421. The molecular formula is C19H18F5N5O3. The summed E-state index contributed by atoms with van der Waals surface area (Å²) in [4.78, 5) is 28.3. The van der Waals surface area contributed by atoms with Crippen molar-refractivity contribution in [3.63, 3.8) is 0 Å². The number of rotatable bonds is 8. The molecular weight excluding hydrogens is 441 g/mol. The van der Waals surface area contributed by atoms with Gasteiger partial charge in [-0.25, -0.2) is 4.98 Å². The van der Waals surface area contributed by atoms with Gasteiger partial charge in [0, 0.05) is 18.2 Å². The zero-order chi connectivity index (χ0) is 23.5. The van der Waals surface area contributed by atoms with E-state index in [-0.39, 0.29) is 17.5 Å². The standard InChI is InChI=1S/C19H18F5N5O3/c1-10(12-6-7-25-14(8-12)27-16(30)11-2-3-11)26-17(31)13-4-5-15(29-28-13)32-9-18(20,21)19(22,23)24/h4-8,10-11H,2-3,9H2,1H3,(H,26,31)(H,25,27,30). The highest BCUT2D eigenvalue weighted by Crippen LogP contribution is 2.35. The van der Waals surface area contributed by atoms with Gasteiger partial charge in [0.1, 0.15) is 5.82 Å². The molecule has 2 N–H and O–H groups in total. The van der Waals surface area contributed by atoms with Crippen LogP contribution in [0.4, 0.5) is 27.8 Å². The summed E-state index contributed by atoms with van der Waals surface area (Å²) in [6.45, 7) is -0.292. The van der Waals surface area contributed by atoms with E-state index in [0.717, 1.165) is 25.0 Å². The molecule has 1 aliphatic rings. The molecule has 0 bridgehead atoms. The molecule has 1 fully saturated rings. The van der Waals surface area contributed by atoms with Gasteiger partial charge in [0.05, 0.1) is 6.04 Å². The zero-order valence-electron chi connectivity index (χ0n) is 16.6. The molecule has 2 aromatic rings. The van der Waals surface area contributed by atoms with Crippen molar-refractivity contribution < 1.29 is 36.3 Å². The van der Waals surface area contributed by atoms with Crippen LogP contribution in [-0.2, 0) is 4.79 Å². The number of carbonyl (C=O) groups excluding carboxylic acids is 2. The summed E-state index contributed by atoms with van der Waals surface area (Å²) in [5.74, 6) is -6.08. The molecule has 0 aliphatic heterocycles. The van der Waals surface area contributed by atoms with Crippen molar-refractivity contribution in [3.05, 3.63) is 41.7 Å². The van der Waals surface area contributed by atoms with Gasteiger partial charge in [0.2, 0.25) is 11.8 Å². The minimum absolute atomic E-state index is 0.00259. The van der Waals surface area contributed by atoms with Crippen molar-refractivity contribution in [1.82, 2.24) is 20.5 Å². The highest BCUT2D eigenvalue weighted by atomic mass is 19.4. The van der Waals surface area contributed by atoms with Gasteiger partial charge in [0.25, 0.3) is 5.91 Å². The number of pyridine rings is 1. The lowest BCUT2D eigenvalue weighted by Gasteiger charge is -2.19. The van der Waals surface area contributed by atoms with Gasteiger partial charge in [-0.3, -0.25) is 9.59 Å². The molecule has 1 unspecified atom stereocenters. The number of ether oxygens (including phenoxy) is 1. The van der Waals surface area contributed by atoms with Crippen LogP contribution in [0.3, 0.4) is 0 Å². The van der Waals surface area contributed by atoms with E-state index in [9.17, 15) is 31.5 Å². The van der Waals surface area contributed by atoms with Crippen LogP contribution in [0.15, 0.2) is 30.5 Å². The molecule has 0 saturated heterocycles. The van der Waals surface area contributed by atoms with Gasteiger partial charge in [-0.2, -0.15) is 22.0 Å². The second kappa shape index (κ2) is 9.01. The van der Waals surface area contributed by atoms with Crippen LogP contribution in [0.5, 0.6) is 5.88 Å². The smallest absolute Gasteiger partial charge is 0.456 e. The molecule has 2 aromatic heterocycles. The maximum atomic E-state index is 12.9. The van der Waals surface area contributed by atoms with Crippen LogP contribution < -0.4 is 15.4 Å². The van der Waals surface area contributed by atoms with Crippen LogP contribution in [0.25, 0.3) is 0 Å². The number of halogens is 5. The Bertz CT molecular complexity index is 980. The Morgan fingerprint density at radius 2 is 1.88 bits per heavy atom. The SMILES string of the molecule is CC(NC(=O)c1ccc(OCC(F)(F)C(F)(F)F)nn1)c1ccnc(NC(=O)C2CC2)c1. The van der Waals surface area contributed by atoms with E-state index in [4.69, 9.17) is 0 Å². The van der Waals surface area contributed by atoms with Crippen molar-refractivity contribution in [2.24, 2.45) is 5.92 Å².